The Morgan fingerprint density at radius 3 is 2.53 bits per heavy atom. The number of nitrogens with zero attached hydrogens (tertiary/aromatic N) is 2. The highest BCUT2D eigenvalue weighted by atomic mass is 32.2. The number of amidine groups is 1. The molecule has 0 radical (unpaired) electrons. The van der Waals surface area contributed by atoms with E-state index in [-0.39, 0.29) is 18.2 Å². The van der Waals surface area contributed by atoms with Crippen LogP contribution in [0, 0.1) is 6.92 Å². The second-order valence-electron chi connectivity index (χ2n) is 6.74. The van der Waals surface area contributed by atoms with Crippen LogP contribution in [0.3, 0.4) is 0 Å². The summed E-state index contributed by atoms with van der Waals surface area (Å²) in [6.07, 6.45) is 0.0543. The van der Waals surface area contributed by atoms with Crippen LogP contribution in [0.1, 0.15) is 18.9 Å². The van der Waals surface area contributed by atoms with Crippen molar-refractivity contribution in [2.75, 3.05) is 26.1 Å². The van der Waals surface area contributed by atoms with Crippen molar-refractivity contribution in [3.05, 3.63) is 48.0 Å². The lowest BCUT2D eigenvalue weighted by atomic mass is 10.2. The molecule has 158 valence electrons. The predicted octanol–water partition coefficient (Wildman–Crippen LogP) is 3.99. The van der Waals surface area contributed by atoms with Gasteiger partial charge in [-0.2, -0.15) is 0 Å². The lowest BCUT2D eigenvalue weighted by molar-refractivity contribution is -0.128. The molecule has 0 saturated carbocycles. The molecular formula is C22H25N3O4S. The second kappa shape index (κ2) is 9.67. The van der Waals surface area contributed by atoms with E-state index in [4.69, 9.17) is 9.47 Å². The van der Waals surface area contributed by atoms with E-state index in [1.54, 1.807) is 25.2 Å². The molecule has 3 rings (SSSR count). The first-order valence-electron chi connectivity index (χ1n) is 9.60. The summed E-state index contributed by atoms with van der Waals surface area (Å²) in [6.45, 7) is 4.32. The largest absolute Gasteiger partial charge is 0.497 e. The van der Waals surface area contributed by atoms with Gasteiger partial charge in [0.05, 0.1) is 25.6 Å². The first-order valence-corrected chi connectivity index (χ1v) is 10.5. The molecule has 2 aromatic rings. The third kappa shape index (κ3) is 4.94. The fraction of sp³-hybridized carbons (Fsp3) is 0.318. The number of anilines is 1. The third-order valence-electron chi connectivity index (χ3n) is 4.63. The van der Waals surface area contributed by atoms with Gasteiger partial charge < -0.3 is 14.8 Å². The van der Waals surface area contributed by atoms with Crippen LogP contribution in [0.5, 0.6) is 11.5 Å². The van der Waals surface area contributed by atoms with E-state index in [1.807, 2.05) is 50.2 Å². The van der Waals surface area contributed by atoms with E-state index in [0.29, 0.717) is 23.1 Å². The van der Waals surface area contributed by atoms with E-state index in [1.165, 1.54) is 11.8 Å². The zero-order valence-corrected chi connectivity index (χ0v) is 18.3. The van der Waals surface area contributed by atoms with E-state index >= 15 is 0 Å². The minimum absolute atomic E-state index is 0.0543. The number of ether oxygens (including phenoxy) is 2. The Morgan fingerprint density at radius 1 is 1.17 bits per heavy atom. The summed E-state index contributed by atoms with van der Waals surface area (Å²) in [5.41, 5.74) is 2.32. The smallest absolute Gasteiger partial charge is 0.242 e. The molecule has 0 aromatic heterocycles. The zero-order valence-electron chi connectivity index (χ0n) is 17.5. The molecule has 1 fully saturated rings. The Bertz CT molecular complexity index is 959. The van der Waals surface area contributed by atoms with Crippen molar-refractivity contribution in [2.45, 2.75) is 25.5 Å². The monoisotopic (exact) mass is 427 g/mol. The van der Waals surface area contributed by atoms with Crippen molar-refractivity contribution in [2.24, 2.45) is 4.99 Å². The van der Waals surface area contributed by atoms with Gasteiger partial charge in [-0.1, -0.05) is 17.8 Å². The molecule has 1 aliphatic heterocycles. The van der Waals surface area contributed by atoms with Crippen LogP contribution in [0.2, 0.25) is 0 Å². The summed E-state index contributed by atoms with van der Waals surface area (Å²) in [4.78, 5) is 31.6. The molecule has 1 heterocycles. The van der Waals surface area contributed by atoms with E-state index in [2.05, 4.69) is 10.3 Å². The van der Waals surface area contributed by atoms with Gasteiger partial charge in [0.1, 0.15) is 16.7 Å². The van der Waals surface area contributed by atoms with Crippen LogP contribution in [0.15, 0.2) is 47.5 Å². The molecule has 1 saturated heterocycles. The third-order valence-corrected chi connectivity index (χ3v) is 5.81. The summed E-state index contributed by atoms with van der Waals surface area (Å²) < 4.78 is 10.5. The molecule has 7 nitrogen and oxygen atoms in total. The van der Waals surface area contributed by atoms with Gasteiger partial charge in [0.15, 0.2) is 5.17 Å². The van der Waals surface area contributed by atoms with Gasteiger partial charge in [-0.25, -0.2) is 4.99 Å². The SMILES string of the molecule is CCN1C(=O)C(CC(=O)Nc2cc(C)ccc2OC)SC1=Nc1ccc(OC)cc1. The number of aryl methyl sites for hydroxylation is 1. The van der Waals surface area contributed by atoms with Crippen molar-refractivity contribution in [1.29, 1.82) is 0 Å². The number of nitrogens with one attached hydrogen (secondary N) is 1. The normalized spacial score (nSPS) is 17.3. The highest BCUT2D eigenvalue weighted by molar-refractivity contribution is 8.15. The minimum Gasteiger partial charge on any atom is -0.497 e. The average Bonchev–Trinajstić information content (AvgIpc) is 3.02. The van der Waals surface area contributed by atoms with Crippen LogP contribution in [-0.4, -0.2) is 47.9 Å². The van der Waals surface area contributed by atoms with Gasteiger partial charge in [-0.3, -0.25) is 14.5 Å². The number of hydrogen-bond acceptors (Lipinski definition) is 6. The number of amides is 2. The lowest BCUT2D eigenvalue weighted by Gasteiger charge is -2.14. The number of methoxy groups -OCH3 is 2. The molecule has 1 unspecified atom stereocenters. The van der Waals surface area contributed by atoms with E-state index < -0.39 is 5.25 Å². The van der Waals surface area contributed by atoms with Crippen LogP contribution < -0.4 is 14.8 Å². The number of benzene rings is 2. The van der Waals surface area contributed by atoms with E-state index in [0.717, 1.165) is 17.0 Å². The first-order chi connectivity index (χ1) is 14.4. The standard InChI is InChI=1S/C22H25N3O4S/c1-5-25-21(27)19(30-22(25)23-15-7-9-16(28-3)10-8-15)13-20(26)24-17-12-14(2)6-11-18(17)29-4/h6-12,19H,5,13H2,1-4H3,(H,24,26). The van der Waals surface area contributed by atoms with Gasteiger partial charge in [-0.05, 0) is 55.8 Å². The second-order valence-corrected chi connectivity index (χ2v) is 7.91. The molecule has 1 N–H and O–H groups in total. The maximum absolute atomic E-state index is 12.8. The number of carbonyl (C=O) groups excluding carboxylic acids is 2. The number of rotatable bonds is 7. The molecule has 0 bridgehead atoms. The quantitative estimate of drug-likeness (QED) is 0.723. The summed E-state index contributed by atoms with van der Waals surface area (Å²) >= 11 is 1.31. The minimum atomic E-state index is -0.516. The summed E-state index contributed by atoms with van der Waals surface area (Å²) in [7, 11) is 3.16. The first kappa shape index (κ1) is 21.7. The molecule has 1 aliphatic rings. The fourth-order valence-electron chi connectivity index (χ4n) is 3.07. The van der Waals surface area contributed by atoms with Gasteiger partial charge in [-0.15, -0.1) is 0 Å². The Balaban J connectivity index is 1.72. The Hall–Kier alpha value is -3.00. The molecule has 0 spiro atoms. The van der Waals surface area contributed by atoms with Gasteiger partial charge in [0.2, 0.25) is 11.8 Å². The van der Waals surface area contributed by atoms with Crippen LogP contribution in [0.4, 0.5) is 11.4 Å². The Labute approximate surface area is 180 Å². The maximum Gasteiger partial charge on any atom is 0.242 e. The van der Waals surface area contributed by atoms with Crippen molar-refractivity contribution in [1.82, 2.24) is 4.90 Å². The van der Waals surface area contributed by atoms with Crippen molar-refractivity contribution >= 4 is 40.1 Å². The molecule has 1 atom stereocenters. The molecular weight excluding hydrogens is 402 g/mol. The summed E-state index contributed by atoms with van der Waals surface area (Å²) in [6, 6.07) is 12.8. The molecule has 8 heteroatoms. The zero-order chi connectivity index (χ0) is 21.7. The van der Waals surface area contributed by atoms with Crippen molar-refractivity contribution in [3.63, 3.8) is 0 Å². The molecule has 2 aromatic carbocycles. The maximum atomic E-state index is 12.8. The molecule has 30 heavy (non-hydrogen) atoms. The van der Waals surface area contributed by atoms with E-state index in [9.17, 15) is 9.59 Å². The fourth-order valence-corrected chi connectivity index (χ4v) is 4.29. The molecule has 0 aliphatic carbocycles. The topological polar surface area (TPSA) is 80.2 Å². The average molecular weight is 428 g/mol. The lowest BCUT2D eigenvalue weighted by Crippen LogP contribution is -2.33. The predicted molar refractivity (Wildman–Crippen MR) is 120 cm³/mol. The van der Waals surface area contributed by atoms with Crippen LogP contribution in [-0.2, 0) is 9.59 Å². The van der Waals surface area contributed by atoms with Gasteiger partial charge >= 0.3 is 0 Å². The van der Waals surface area contributed by atoms with Crippen LogP contribution in [0.25, 0.3) is 0 Å². The Kier molecular flexibility index (Phi) is 6.99. The molecule has 2 amide bonds. The Morgan fingerprint density at radius 2 is 1.90 bits per heavy atom. The van der Waals surface area contributed by atoms with Gasteiger partial charge in [0.25, 0.3) is 0 Å². The number of aliphatic imine (C=N–C) groups is 1. The number of carbonyl (C=O) groups is 2. The van der Waals surface area contributed by atoms with Crippen molar-refractivity contribution in [3.8, 4) is 11.5 Å². The number of thioether (sulfide) groups is 1. The van der Waals surface area contributed by atoms with Crippen molar-refractivity contribution < 1.29 is 19.1 Å². The van der Waals surface area contributed by atoms with Gasteiger partial charge in [0, 0.05) is 13.0 Å². The highest BCUT2D eigenvalue weighted by Crippen LogP contribution is 2.32. The summed E-state index contributed by atoms with van der Waals surface area (Å²) in [5, 5.41) is 2.94. The summed E-state index contributed by atoms with van der Waals surface area (Å²) in [5.74, 6) is 0.964. The number of hydrogen-bond donors (Lipinski definition) is 1. The van der Waals surface area contributed by atoms with Crippen LogP contribution >= 0.6 is 11.8 Å². The highest BCUT2D eigenvalue weighted by Gasteiger charge is 2.38.